The molecule has 0 aromatic carbocycles. The summed E-state index contributed by atoms with van der Waals surface area (Å²) in [6.07, 6.45) is 13.8. The minimum Gasteiger partial charge on any atom is -1.00 e. The zero-order valence-corrected chi connectivity index (χ0v) is 12.8. The van der Waals surface area contributed by atoms with Gasteiger partial charge in [0.25, 0.3) is 0 Å². The Hall–Kier alpha value is 0.436. The van der Waals surface area contributed by atoms with Crippen molar-refractivity contribution < 1.29 is 7.65 Å². The average molecular weight is 239 g/mol. The molecular weight excluding hydrogens is 208 g/mol. The van der Waals surface area contributed by atoms with Gasteiger partial charge in [-0.05, 0) is 12.8 Å². The van der Waals surface area contributed by atoms with Gasteiger partial charge in [0, 0.05) is 5.92 Å². The Morgan fingerprint density at radius 1 is 0.875 bits per heavy atom. The summed E-state index contributed by atoms with van der Waals surface area (Å²) in [5.74, 6) is 0.344. The Labute approximate surface area is 121 Å². The first-order valence-electron chi connectivity index (χ1n) is 6.80. The molecule has 0 N–H and O–H groups in total. The second-order valence-electron chi connectivity index (χ2n) is 4.59. The van der Waals surface area contributed by atoms with Crippen LogP contribution in [0.25, 0.3) is 0 Å². The number of rotatable bonds is 11. The number of hydrogen-bond donors (Lipinski definition) is 0. The molecule has 1 atom stereocenters. The van der Waals surface area contributed by atoms with Gasteiger partial charge < -0.3 is 7.65 Å². The molecule has 1 unspecified atom stereocenters. The molecule has 0 spiro atoms. The summed E-state index contributed by atoms with van der Waals surface area (Å²) in [7, 11) is 0. The van der Waals surface area contributed by atoms with Crippen molar-refractivity contribution in [3.05, 3.63) is 0 Å². The van der Waals surface area contributed by atoms with Gasteiger partial charge in [-0.2, -0.15) is 0 Å². The fourth-order valence-electron chi connectivity index (χ4n) is 1.93. The van der Waals surface area contributed by atoms with Crippen LogP contribution in [0.15, 0.2) is 0 Å². The number of unbranched alkanes of at least 4 members (excludes halogenated alkanes) is 6. The van der Waals surface area contributed by atoms with Gasteiger partial charge in [0.05, 0.1) is 0 Å². The summed E-state index contributed by atoms with van der Waals surface area (Å²) in [4.78, 5) is 10.8. The van der Waals surface area contributed by atoms with Gasteiger partial charge in [-0.15, -0.1) is 0 Å². The molecule has 0 aromatic rings. The Morgan fingerprint density at radius 3 is 1.94 bits per heavy atom. The van der Waals surface area contributed by atoms with Crippen LogP contribution in [-0.4, -0.2) is 29.3 Å². The van der Waals surface area contributed by atoms with E-state index < -0.39 is 0 Å². The monoisotopic (exact) mass is 238 g/mol. The molecule has 0 bridgehead atoms. The van der Waals surface area contributed by atoms with Gasteiger partial charge in [-0.1, -0.05) is 65.2 Å². The van der Waals surface area contributed by atoms with Crippen molar-refractivity contribution in [3.8, 4) is 0 Å². The number of carbonyl (C=O) groups is 1. The van der Waals surface area contributed by atoms with E-state index in [2.05, 4.69) is 13.8 Å². The van der Waals surface area contributed by atoms with E-state index in [1.54, 1.807) is 0 Å². The van der Waals surface area contributed by atoms with Crippen molar-refractivity contribution in [2.45, 2.75) is 78.1 Å². The smallest absolute Gasteiger partial charge is 1.00 e. The normalized spacial score (nSPS) is 11.9. The summed E-state index contributed by atoms with van der Waals surface area (Å²) in [5.41, 5.74) is 0. The average Bonchev–Trinajstić information content (AvgIpc) is 2.27. The first-order chi connectivity index (χ1) is 7.35. The summed E-state index contributed by atoms with van der Waals surface area (Å²) in [6.45, 7) is 4.43. The van der Waals surface area contributed by atoms with Crippen LogP contribution in [0.3, 0.4) is 0 Å². The van der Waals surface area contributed by atoms with Crippen molar-refractivity contribution >= 4 is 29.3 Å². The van der Waals surface area contributed by atoms with E-state index in [9.17, 15) is 4.79 Å². The van der Waals surface area contributed by atoms with Crippen molar-refractivity contribution in [3.63, 3.8) is 0 Å². The molecule has 0 heterocycles. The van der Waals surface area contributed by atoms with Crippen LogP contribution in [0, 0.1) is 5.92 Å². The molecule has 0 aliphatic heterocycles. The zero-order chi connectivity index (χ0) is 11.4. The van der Waals surface area contributed by atoms with E-state index >= 15 is 0 Å². The third-order valence-electron chi connectivity index (χ3n) is 3.05. The van der Waals surface area contributed by atoms with Crippen molar-refractivity contribution in [2.24, 2.45) is 5.92 Å². The molecule has 0 rings (SSSR count). The van der Waals surface area contributed by atoms with Gasteiger partial charge in [0.1, 0.15) is 6.29 Å². The van der Waals surface area contributed by atoms with Crippen LogP contribution in [-0.2, 0) is 4.79 Å². The maximum Gasteiger partial charge on any atom is 2.00 e. The molecule has 0 aliphatic carbocycles. The molecule has 0 saturated carbocycles. The minimum absolute atomic E-state index is 0. The van der Waals surface area contributed by atoms with Gasteiger partial charge in [0.15, 0.2) is 0 Å². The molecule has 0 amide bonds. The number of aldehydes is 1. The molecule has 0 radical (unpaired) electrons. The largest absolute Gasteiger partial charge is 2.00 e. The molecule has 0 aliphatic rings. The summed E-state index contributed by atoms with van der Waals surface area (Å²) >= 11 is 0. The van der Waals surface area contributed by atoms with E-state index in [0.717, 1.165) is 12.8 Å². The molecule has 1 nitrogen and oxygen atoms in total. The maximum atomic E-state index is 10.8. The van der Waals surface area contributed by atoms with Crippen LogP contribution in [0.1, 0.15) is 80.9 Å². The van der Waals surface area contributed by atoms with E-state index in [1.807, 2.05) is 0 Å². The summed E-state index contributed by atoms with van der Waals surface area (Å²) in [6, 6.07) is 0. The SMILES string of the molecule is CCCCCCCCC(C=O)CCCC.[H-].[H-].[Mg+2]. The van der Waals surface area contributed by atoms with Crippen LogP contribution in [0.4, 0.5) is 0 Å². The van der Waals surface area contributed by atoms with Gasteiger partial charge in [-0.25, -0.2) is 0 Å². The molecule has 2 heteroatoms. The van der Waals surface area contributed by atoms with Crippen LogP contribution >= 0.6 is 0 Å². The number of hydrogen-bond acceptors (Lipinski definition) is 1. The molecule has 94 valence electrons. The maximum absolute atomic E-state index is 10.8. The quantitative estimate of drug-likeness (QED) is 0.292. The second kappa shape index (κ2) is 15.4. The van der Waals surface area contributed by atoms with Gasteiger partial charge in [0.2, 0.25) is 0 Å². The van der Waals surface area contributed by atoms with Crippen molar-refractivity contribution in [1.29, 1.82) is 0 Å². The fraction of sp³-hybridized carbons (Fsp3) is 0.929. The standard InChI is InChI=1S/C14H28O.Mg.2H/c1-3-5-7-8-9-10-12-14(13-15)11-6-4-2;;;/h13-14H,3-12H2,1-2H3;;;/q;+2;2*-1. The fourth-order valence-corrected chi connectivity index (χ4v) is 1.93. The molecular formula is C14H30MgO. The Kier molecular flexibility index (Phi) is 18.1. The third-order valence-corrected chi connectivity index (χ3v) is 3.05. The molecule has 16 heavy (non-hydrogen) atoms. The minimum atomic E-state index is 0. The predicted molar refractivity (Wildman–Crippen MR) is 75.1 cm³/mol. The predicted octanol–water partition coefficient (Wildman–Crippen LogP) is 4.59. The third kappa shape index (κ3) is 12.5. The van der Waals surface area contributed by atoms with E-state index in [1.165, 1.54) is 57.7 Å². The van der Waals surface area contributed by atoms with Gasteiger partial charge >= 0.3 is 23.1 Å². The Morgan fingerprint density at radius 2 is 1.38 bits per heavy atom. The van der Waals surface area contributed by atoms with Crippen molar-refractivity contribution in [1.82, 2.24) is 0 Å². The van der Waals surface area contributed by atoms with Gasteiger partial charge in [-0.3, -0.25) is 0 Å². The summed E-state index contributed by atoms with van der Waals surface area (Å²) < 4.78 is 0. The molecule has 0 fully saturated rings. The molecule has 0 saturated heterocycles. The van der Waals surface area contributed by atoms with Crippen LogP contribution < -0.4 is 0 Å². The molecule has 0 aromatic heterocycles. The topological polar surface area (TPSA) is 17.1 Å². The number of carbonyl (C=O) groups excluding carboxylic acids is 1. The second-order valence-corrected chi connectivity index (χ2v) is 4.59. The first-order valence-corrected chi connectivity index (χ1v) is 6.80. The van der Waals surface area contributed by atoms with Crippen LogP contribution in [0.2, 0.25) is 0 Å². The first kappa shape index (κ1) is 18.8. The van der Waals surface area contributed by atoms with E-state index in [-0.39, 0.29) is 25.9 Å². The summed E-state index contributed by atoms with van der Waals surface area (Å²) in [5, 5.41) is 0. The van der Waals surface area contributed by atoms with E-state index in [4.69, 9.17) is 0 Å². The van der Waals surface area contributed by atoms with Crippen molar-refractivity contribution in [2.75, 3.05) is 0 Å². The zero-order valence-electron chi connectivity index (χ0n) is 13.3. The Balaban J connectivity index is -0.000000327. The Bertz CT molecular complexity index is 146. The van der Waals surface area contributed by atoms with E-state index in [0.29, 0.717) is 5.92 Å². The van der Waals surface area contributed by atoms with Crippen LogP contribution in [0.5, 0.6) is 0 Å².